The molecule has 5 aromatic rings. The summed E-state index contributed by atoms with van der Waals surface area (Å²) in [4.78, 5) is 288. The van der Waals surface area contributed by atoms with Gasteiger partial charge in [0.15, 0.2) is 28.9 Å². The number of rotatable bonds is 54. The van der Waals surface area contributed by atoms with Crippen LogP contribution < -0.4 is 98.0 Å². The standard InChI is InChI=1S/C96H133N19O24S/c1-53(116)86-95(137)113-74(43-63-51-106-67-15-7-6-14-66(63)67)94(136)108-68(27-29-82(101)124)76(119)47-64(52-140-39-31-69(75(118)44-59(89(131)114-86)23-28-81(100)123)109-93(135)71(107-54(2)117)17-8-9-18-80(98)99)91(133)111-72(42-55-20-25-65(26-21-55)139-38-34-97)77(120)45-61(41-56-19-22-57-12-4-5-13-58(57)40-56)92(134)115-96(32-36-138-37-33-96)79(122)48-60(24-30-85(127)128)88(130)112-73(50-84(103)126)78(121)46-62(49-83(102)125)90(132)110-70(87(104)129)16-10-11-35-105-3/h4-7,12-15,19-22,25-26,40,51,53,59-62,64,68-74,86,105-106,116H,8-11,16-18,23-24,27-39,41-50,52,97H2,1-3H3,(H3,98,99)(H2,100,123)(H2,101,124)(H2,102,125)(H2,103,126)(H2,104,129)(H,107,117)(H,108,136)(H,109,135)(H,110,132)(H,111,133)(H,112,130)(H,113,137)(H,114,131)(H,115,134)(H,127,128). The van der Waals surface area contributed by atoms with Gasteiger partial charge >= 0.3 is 5.97 Å². The molecule has 4 aromatic carbocycles. The third-order valence-electron chi connectivity index (χ3n) is 24.5. The number of aromatic amines is 1. The second kappa shape index (κ2) is 57.2. The third-order valence-corrected chi connectivity index (χ3v) is 25.7. The Morgan fingerprint density at radius 2 is 1.22 bits per heavy atom. The summed E-state index contributed by atoms with van der Waals surface area (Å²) >= 11 is 0.949. The second-order valence-electron chi connectivity index (χ2n) is 35.7. The summed E-state index contributed by atoms with van der Waals surface area (Å²) in [5.74, 6) is -28.2. The molecule has 44 heteroatoms. The lowest BCUT2D eigenvalue weighted by molar-refractivity contribution is -0.142. The molecule has 0 saturated carbocycles. The van der Waals surface area contributed by atoms with E-state index in [1.165, 1.54) is 0 Å². The fourth-order valence-corrected chi connectivity index (χ4v) is 17.9. The summed E-state index contributed by atoms with van der Waals surface area (Å²) < 4.78 is 11.5. The van der Waals surface area contributed by atoms with E-state index in [1.807, 2.05) is 6.07 Å². The summed E-state index contributed by atoms with van der Waals surface area (Å²) in [7, 11) is 1.71. The Morgan fingerprint density at radius 3 is 1.87 bits per heavy atom. The summed E-state index contributed by atoms with van der Waals surface area (Å²) in [6.07, 6.45) is -9.55. The highest BCUT2D eigenvalue weighted by Gasteiger charge is 2.46. The Morgan fingerprint density at radius 1 is 0.593 bits per heavy atom. The molecule has 28 N–H and O–H groups in total. The maximum atomic E-state index is 16.1. The summed E-state index contributed by atoms with van der Waals surface area (Å²) in [5.41, 5.74) is 39.4. The van der Waals surface area contributed by atoms with Gasteiger partial charge in [-0.15, -0.1) is 0 Å². The van der Waals surface area contributed by atoms with Crippen LogP contribution in [0.4, 0.5) is 0 Å². The number of hydrogen-bond acceptors (Lipinski definition) is 27. The number of unbranched alkanes of at least 4 members (excludes halogenated alkanes) is 2. The molecule has 2 fully saturated rings. The average Bonchev–Trinajstić information content (AvgIpc) is 0.935. The molecule has 140 heavy (non-hydrogen) atoms. The number of Topliss-reactive ketones (excluding diaryl/α,β-unsaturated/α-hetero) is 5. The largest absolute Gasteiger partial charge is 0.492 e. The van der Waals surface area contributed by atoms with E-state index in [0.29, 0.717) is 64.5 Å². The van der Waals surface area contributed by atoms with Crippen molar-refractivity contribution in [1.29, 1.82) is 5.41 Å². The van der Waals surface area contributed by atoms with E-state index >= 15 is 33.6 Å². The molecule has 2 aliphatic rings. The fraction of sp³-hybridized carbons (Fsp3) is 0.531. The van der Waals surface area contributed by atoms with Crippen molar-refractivity contribution >= 4 is 157 Å². The zero-order valence-corrected chi connectivity index (χ0v) is 79.8. The van der Waals surface area contributed by atoms with Gasteiger partial charge in [-0.05, 0) is 143 Å². The lowest BCUT2D eigenvalue weighted by Crippen LogP contribution is -2.59. The number of nitrogens with two attached hydrogens (primary N) is 7. The minimum absolute atomic E-state index is 0.0238. The topological polar surface area (TPSA) is 742 Å². The highest BCUT2D eigenvalue weighted by atomic mass is 32.2. The number of para-hydroxylation sites is 1. The van der Waals surface area contributed by atoms with Crippen molar-refractivity contribution in [2.24, 2.45) is 69.7 Å². The van der Waals surface area contributed by atoms with E-state index in [2.05, 4.69) is 58.2 Å². The molecule has 14 amide bonds. The van der Waals surface area contributed by atoms with E-state index in [-0.39, 0.29) is 102 Å². The number of ketones is 5. The van der Waals surface area contributed by atoms with E-state index in [0.717, 1.165) is 31.0 Å². The Labute approximate surface area is 813 Å². The first-order valence-corrected chi connectivity index (χ1v) is 48.0. The number of carbonyl (C=O) groups excluding carboxylic acids is 19. The van der Waals surface area contributed by atoms with Gasteiger partial charge in [0.05, 0.1) is 54.4 Å². The van der Waals surface area contributed by atoms with Crippen LogP contribution in [-0.2, 0) is 120 Å². The molecular weight excluding hydrogens is 1840 g/mol. The average molecular weight is 1970 g/mol. The number of benzene rings is 4. The lowest BCUT2D eigenvalue weighted by atomic mass is 9.79. The first-order valence-electron chi connectivity index (χ1n) is 46.8. The van der Waals surface area contributed by atoms with Crippen LogP contribution in [0.3, 0.4) is 0 Å². The Hall–Kier alpha value is -13.5. The van der Waals surface area contributed by atoms with E-state index < -0.39 is 296 Å². The van der Waals surface area contributed by atoms with Gasteiger partial charge in [-0.3, -0.25) is 101 Å². The van der Waals surface area contributed by atoms with Crippen molar-refractivity contribution in [2.45, 2.75) is 241 Å². The molecule has 3 heterocycles. The monoisotopic (exact) mass is 1970 g/mol. The van der Waals surface area contributed by atoms with Crippen molar-refractivity contribution in [2.75, 3.05) is 51.5 Å². The fourth-order valence-electron chi connectivity index (χ4n) is 16.8. The quantitative estimate of drug-likeness (QED) is 0.0128. The molecule has 14 unspecified atom stereocenters. The van der Waals surface area contributed by atoms with Crippen molar-refractivity contribution < 1.29 is 116 Å². The highest BCUT2D eigenvalue weighted by molar-refractivity contribution is 7.99. The van der Waals surface area contributed by atoms with E-state index in [9.17, 15) is 72.5 Å². The number of primary amides is 5. The highest BCUT2D eigenvalue weighted by Crippen LogP contribution is 2.32. The number of amidine groups is 1. The first kappa shape index (κ1) is 114. The number of aliphatic carboxylic acids is 1. The number of carbonyl (C=O) groups is 20. The molecule has 1 aromatic heterocycles. The molecule has 14 atom stereocenters. The smallest absolute Gasteiger partial charge is 0.303 e. The van der Waals surface area contributed by atoms with Crippen LogP contribution >= 0.6 is 11.8 Å². The number of aliphatic hydroxyl groups is 1. The maximum absolute atomic E-state index is 16.1. The van der Waals surface area contributed by atoms with Gasteiger partial charge in [0.2, 0.25) is 82.7 Å². The molecule has 2 aliphatic heterocycles. The van der Waals surface area contributed by atoms with Crippen molar-refractivity contribution in [3.05, 3.63) is 114 Å². The molecule has 7 rings (SSSR count). The number of aromatic nitrogens is 1. The number of amides is 14. The van der Waals surface area contributed by atoms with E-state index in [1.54, 1.807) is 98.2 Å². The van der Waals surface area contributed by atoms with Crippen LogP contribution in [0.5, 0.6) is 5.75 Å². The summed E-state index contributed by atoms with van der Waals surface area (Å²) in [6.45, 7) is 2.68. The zero-order chi connectivity index (χ0) is 103. The number of hydrogen-bond donors (Lipinski definition) is 21. The van der Waals surface area contributed by atoms with Gasteiger partial charge < -0.3 is 118 Å². The third kappa shape index (κ3) is 37.7. The van der Waals surface area contributed by atoms with Crippen LogP contribution in [0.2, 0.25) is 0 Å². The van der Waals surface area contributed by atoms with Crippen LogP contribution in [-0.4, -0.2) is 250 Å². The molecule has 2 saturated heterocycles. The number of nitrogens with one attached hydrogen (secondary N) is 12. The molecule has 43 nitrogen and oxygen atoms in total. The molecule has 0 spiro atoms. The predicted molar refractivity (Wildman–Crippen MR) is 514 cm³/mol. The van der Waals surface area contributed by atoms with Crippen molar-refractivity contribution in [3.63, 3.8) is 0 Å². The van der Waals surface area contributed by atoms with Crippen LogP contribution in [0.15, 0.2) is 97.2 Å². The van der Waals surface area contributed by atoms with Crippen LogP contribution in [0.1, 0.15) is 178 Å². The Bertz CT molecular complexity index is 5240. The molecule has 0 aliphatic carbocycles. The predicted octanol–water partition coefficient (Wildman–Crippen LogP) is -0.837. The van der Waals surface area contributed by atoms with Crippen LogP contribution in [0.25, 0.3) is 21.7 Å². The SMILES string of the molecule is CNCCCCC(NC(=O)C(CC(N)=O)CC(=O)C(CC(N)=O)NC(=O)C(CCC(=O)O)CC(=O)C1(NC(=O)C(CC(=O)C(Cc2ccc(OCCN)cc2)NC(=O)C2CSCCC(NC(=O)C(CCCCC(=N)N)NC(C)=O)C(=O)CC(CCC(N)=O)C(=O)NC(C(C)O)C(=O)NC(Cc3c[nH]c4ccccc34)C(=O)NC(CCC(N)=O)C(=O)C2)Cc2ccc3ccccc3c2)CCOCC1)C(N)=O. The van der Waals surface area contributed by atoms with Gasteiger partial charge in [0, 0.05) is 151 Å². The summed E-state index contributed by atoms with van der Waals surface area (Å²) in [5, 5.41) is 57.8. The van der Waals surface area contributed by atoms with Gasteiger partial charge in [-0.25, -0.2) is 0 Å². The number of ether oxygens (including phenoxy) is 2. The number of aliphatic hydroxyl groups excluding tert-OH is 1. The van der Waals surface area contributed by atoms with Crippen molar-refractivity contribution in [3.8, 4) is 5.75 Å². The maximum Gasteiger partial charge on any atom is 0.303 e. The molecular formula is C96H133N19O24S. The number of fused-ring (bicyclic) bond motifs is 2. The first-order chi connectivity index (χ1) is 66.5. The van der Waals surface area contributed by atoms with Gasteiger partial charge in [0.25, 0.3) is 0 Å². The minimum Gasteiger partial charge on any atom is -0.492 e. The van der Waals surface area contributed by atoms with Gasteiger partial charge in [-0.1, -0.05) is 79.2 Å². The lowest BCUT2D eigenvalue weighted by Gasteiger charge is -2.38. The Balaban J connectivity index is 1.32. The number of carboxylic acids is 1. The van der Waals surface area contributed by atoms with Gasteiger partial charge in [-0.2, -0.15) is 11.8 Å². The zero-order valence-electron chi connectivity index (χ0n) is 79.0. The normalized spacial score (nSPS) is 19.0. The molecule has 762 valence electrons. The number of carboxylic acid groups (broad SMARTS) is 1. The van der Waals surface area contributed by atoms with Crippen molar-refractivity contribution in [1.82, 2.24) is 58.2 Å². The number of thioether (sulfide) groups is 1. The molecule has 0 bridgehead atoms. The molecule has 0 radical (unpaired) electrons. The summed E-state index contributed by atoms with van der Waals surface area (Å²) in [6, 6.07) is 12.6. The van der Waals surface area contributed by atoms with Crippen LogP contribution in [0, 0.1) is 35.0 Å². The number of H-pyrrole nitrogens is 1. The minimum atomic E-state index is -1.98. The van der Waals surface area contributed by atoms with E-state index in [4.69, 9.17) is 55.0 Å². The second-order valence-corrected chi connectivity index (χ2v) is 36.8. The Kier molecular flexibility index (Phi) is 46.4. The van der Waals surface area contributed by atoms with Gasteiger partial charge in [0.1, 0.15) is 42.1 Å².